The smallest absolute Gasteiger partial charge is 0.0599 e. The number of aryl methyl sites for hydroxylation is 1. The van der Waals surface area contributed by atoms with Crippen LogP contribution in [0.4, 0.5) is 5.69 Å². The Balaban J connectivity index is 2.24. The van der Waals surface area contributed by atoms with Gasteiger partial charge < -0.3 is 10.3 Å². The summed E-state index contributed by atoms with van der Waals surface area (Å²) in [6.45, 7) is 0. The number of benzene rings is 2. The van der Waals surface area contributed by atoms with Gasteiger partial charge in [0.15, 0.2) is 0 Å². The van der Waals surface area contributed by atoms with Gasteiger partial charge in [0.1, 0.15) is 0 Å². The van der Waals surface area contributed by atoms with Gasteiger partial charge in [0, 0.05) is 29.3 Å². The molecule has 0 fully saturated rings. The van der Waals surface area contributed by atoms with E-state index in [-0.39, 0.29) is 0 Å². The van der Waals surface area contributed by atoms with E-state index in [4.69, 9.17) is 28.9 Å². The molecule has 2 nitrogen and oxygen atoms in total. The van der Waals surface area contributed by atoms with Crippen LogP contribution in [0.25, 0.3) is 22.2 Å². The van der Waals surface area contributed by atoms with Gasteiger partial charge in [-0.1, -0.05) is 29.3 Å². The van der Waals surface area contributed by atoms with Crippen LogP contribution in [0.2, 0.25) is 10.0 Å². The number of hydrogen-bond donors (Lipinski definition) is 1. The Kier molecular flexibility index (Phi) is 2.92. The SMILES string of the molecule is Cn1c(-c2ccc(Cl)c(Cl)c2)cc2cc(N)ccc21. The second kappa shape index (κ2) is 4.48. The fourth-order valence-corrected chi connectivity index (χ4v) is 2.60. The fourth-order valence-electron chi connectivity index (χ4n) is 2.30. The number of hydrogen-bond acceptors (Lipinski definition) is 1. The van der Waals surface area contributed by atoms with Crippen LogP contribution < -0.4 is 5.73 Å². The largest absolute Gasteiger partial charge is 0.399 e. The first-order valence-corrected chi connectivity index (χ1v) is 6.62. The quantitative estimate of drug-likeness (QED) is 0.645. The summed E-state index contributed by atoms with van der Waals surface area (Å²) in [4.78, 5) is 0. The minimum atomic E-state index is 0.559. The molecule has 0 aliphatic carbocycles. The average Bonchev–Trinajstić information content (AvgIpc) is 2.70. The van der Waals surface area contributed by atoms with Crippen molar-refractivity contribution in [2.75, 3.05) is 5.73 Å². The average molecular weight is 291 g/mol. The molecule has 1 aromatic heterocycles. The number of nitrogens with zero attached hydrogens (tertiary/aromatic N) is 1. The van der Waals surface area contributed by atoms with Gasteiger partial charge in [0.25, 0.3) is 0 Å². The van der Waals surface area contributed by atoms with Crippen molar-refractivity contribution in [1.29, 1.82) is 0 Å². The molecule has 0 bridgehead atoms. The molecule has 0 unspecified atom stereocenters. The Bertz CT molecular complexity index is 775. The fraction of sp³-hybridized carbons (Fsp3) is 0.0667. The van der Waals surface area contributed by atoms with Gasteiger partial charge in [-0.05, 0) is 42.0 Å². The third kappa shape index (κ3) is 2.07. The molecule has 0 aliphatic rings. The standard InChI is InChI=1S/C15H12Cl2N2/c1-19-14-5-3-11(18)6-10(14)8-15(19)9-2-4-12(16)13(17)7-9/h2-8H,18H2,1H3. The maximum absolute atomic E-state index is 6.08. The molecule has 0 aliphatic heterocycles. The van der Waals surface area contributed by atoms with E-state index in [9.17, 15) is 0 Å². The third-order valence-corrected chi connectivity index (χ3v) is 4.02. The van der Waals surface area contributed by atoms with Crippen molar-refractivity contribution >= 4 is 39.8 Å². The van der Waals surface area contributed by atoms with E-state index < -0.39 is 0 Å². The summed E-state index contributed by atoms with van der Waals surface area (Å²) >= 11 is 12.0. The van der Waals surface area contributed by atoms with Crippen LogP contribution in [0.5, 0.6) is 0 Å². The molecule has 2 N–H and O–H groups in total. The molecule has 2 aromatic carbocycles. The molecule has 0 saturated heterocycles. The first kappa shape index (κ1) is 12.4. The highest BCUT2D eigenvalue weighted by Crippen LogP contribution is 2.32. The molecule has 4 heteroatoms. The minimum Gasteiger partial charge on any atom is -0.399 e. The van der Waals surface area contributed by atoms with Crippen molar-refractivity contribution in [2.24, 2.45) is 7.05 Å². The molecule has 1 heterocycles. The summed E-state index contributed by atoms with van der Waals surface area (Å²) in [6, 6.07) is 13.6. The maximum atomic E-state index is 6.08. The van der Waals surface area contributed by atoms with Crippen molar-refractivity contribution in [2.45, 2.75) is 0 Å². The number of nitrogens with two attached hydrogens (primary N) is 1. The number of rotatable bonds is 1. The maximum Gasteiger partial charge on any atom is 0.0599 e. The van der Waals surface area contributed by atoms with E-state index in [1.165, 1.54) is 0 Å². The Morgan fingerprint density at radius 3 is 2.47 bits per heavy atom. The van der Waals surface area contributed by atoms with E-state index >= 15 is 0 Å². The summed E-state index contributed by atoms with van der Waals surface area (Å²) in [6.07, 6.45) is 0. The van der Waals surface area contributed by atoms with Crippen molar-refractivity contribution in [3.8, 4) is 11.3 Å². The van der Waals surface area contributed by atoms with Crippen molar-refractivity contribution in [1.82, 2.24) is 4.57 Å². The lowest BCUT2D eigenvalue weighted by atomic mass is 10.1. The number of aromatic nitrogens is 1. The zero-order valence-electron chi connectivity index (χ0n) is 10.3. The van der Waals surface area contributed by atoms with Gasteiger partial charge in [0.2, 0.25) is 0 Å². The van der Waals surface area contributed by atoms with E-state index in [2.05, 4.69) is 10.6 Å². The second-order valence-electron chi connectivity index (χ2n) is 4.54. The van der Waals surface area contributed by atoms with Gasteiger partial charge in [-0.2, -0.15) is 0 Å². The van der Waals surface area contributed by atoms with Crippen molar-refractivity contribution in [3.63, 3.8) is 0 Å². The highest BCUT2D eigenvalue weighted by atomic mass is 35.5. The molecule has 0 atom stereocenters. The lowest BCUT2D eigenvalue weighted by Crippen LogP contribution is -1.91. The molecule has 0 spiro atoms. The monoisotopic (exact) mass is 290 g/mol. The normalized spacial score (nSPS) is 11.1. The molecular weight excluding hydrogens is 279 g/mol. The zero-order chi connectivity index (χ0) is 13.6. The first-order valence-electron chi connectivity index (χ1n) is 5.86. The molecule has 0 radical (unpaired) electrons. The number of nitrogen functional groups attached to an aromatic ring is 1. The Hall–Kier alpha value is -1.64. The molecule has 96 valence electrons. The lowest BCUT2D eigenvalue weighted by molar-refractivity contribution is 0.978. The van der Waals surface area contributed by atoms with Crippen LogP contribution in [0.3, 0.4) is 0 Å². The summed E-state index contributed by atoms with van der Waals surface area (Å²) in [7, 11) is 2.02. The van der Waals surface area contributed by atoms with Crippen LogP contribution >= 0.6 is 23.2 Å². The second-order valence-corrected chi connectivity index (χ2v) is 5.35. The van der Waals surface area contributed by atoms with E-state index in [1.807, 2.05) is 43.4 Å². The molecule has 3 rings (SSSR count). The highest BCUT2D eigenvalue weighted by Gasteiger charge is 2.09. The summed E-state index contributed by atoms with van der Waals surface area (Å²) in [5.41, 5.74) is 9.83. The van der Waals surface area contributed by atoms with Crippen LogP contribution in [-0.2, 0) is 7.05 Å². The van der Waals surface area contributed by atoms with Crippen LogP contribution in [0.15, 0.2) is 42.5 Å². The van der Waals surface area contributed by atoms with Gasteiger partial charge in [-0.15, -0.1) is 0 Å². The minimum absolute atomic E-state index is 0.559. The van der Waals surface area contributed by atoms with Crippen LogP contribution in [-0.4, -0.2) is 4.57 Å². The van der Waals surface area contributed by atoms with Gasteiger partial charge >= 0.3 is 0 Å². The summed E-state index contributed by atoms with van der Waals surface area (Å²) in [5, 5.41) is 2.24. The van der Waals surface area contributed by atoms with Gasteiger partial charge in [-0.3, -0.25) is 0 Å². The predicted octanol–water partition coefficient (Wildman–Crippen LogP) is 4.73. The van der Waals surface area contributed by atoms with Crippen molar-refractivity contribution < 1.29 is 0 Å². The molecule has 0 amide bonds. The molecule has 0 saturated carbocycles. The summed E-state index contributed by atoms with van der Waals surface area (Å²) < 4.78 is 2.12. The van der Waals surface area contributed by atoms with E-state index in [1.54, 1.807) is 0 Å². The third-order valence-electron chi connectivity index (χ3n) is 3.28. The number of anilines is 1. The number of fused-ring (bicyclic) bond motifs is 1. The number of halogens is 2. The highest BCUT2D eigenvalue weighted by molar-refractivity contribution is 6.42. The van der Waals surface area contributed by atoms with Gasteiger partial charge in [0.05, 0.1) is 10.0 Å². The molecular formula is C15H12Cl2N2. The predicted molar refractivity (Wildman–Crippen MR) is 82.8 cm³/mol. The van der Waals surface area contributed by atoms with Crippen LogP contribution in [0, 0.1) is 0 Å². The first-order chi connectivity index (χ1) is 9.06. The van der Waals surface area contributed by atoms with Gasteiger partial charge in [-0.25, -0.2) is 0 Å². The lowest BCUT2D eigenvalue weighted by Gasteiger charge is -2.05. The Labute approximate surface area is 121 Å². The molecule has 19 heavy (non-hydrogen) atoms. The Morgan fingerprint density at radius 1 is 0.947 bits per heavy atom. The van der Waals surface area contributed by atoms with E-state index in [0.717, 1.165) is 27.8 Å². The van der Waals surface area contributed by atoms with E-state index in [0.29, 0.717) is 10.0 Å². The van der Waals surface area contributed by atoms with Crippen LogP contribution in [0.1, 0.15) is 0 Å². The van der Waals surface area contributed by atoms with Crippen molar-refractivity contribution in [3.05, 3.63) is 52.5 Å². The Morgan fingerprint density at radius 2 is 1.74 bits per heavy atom. The summed E-state index contributed by atoms with van der Waals surface area (Å²) in [5.74, 6) is 0. The molecule has 3 aromatic rings. The topological polar surface area (TPSA) is 30.9 Å². The zero-order valence-corrected chi connectivity index (χ0v) is 11.8.